The van der Waals surface area contributed by atoms with E-state index in [9.17, 15) is 13.6 Å². The molecule has 8 heteroatoms. The van der Waals surface area contributed by atoms with Gasteiger partial charge in [0, 0.05) is 11.6 Å². The summed E-state index contributed by atoms with van der Waals surface area (Å²) in [5, 5.41) is 6.00. The number of rotatable bonds is 9. The van der Waals surface area contributed by atoms with Gasteiger partial charge in [-0.25, -0.2) is 8.78 Å². The van der Waals surface area contributed by atoms with E-state index in [1.807, 2.05) is 30.3 Å². The van der Waals surface area contributed by atoms with Gasteiger partial charge in [0.2, 0.25) is 0 Å². The summed E-state index contributed by atoms with van der Waals surface area (Å²) in [5.74, 6) is -1.15. The van der Waals surface area contributed by atoms with Crippen molar-refractivity contribution >= 4 is 17.8 Å². The summed E-state index contributed by atoms with van der Waals surface area (Å²) >= 11 is 0. The van der Waals surface area contributed by atoms with Crippen LogP contribution in [-0.2, 0) is 16.2 Å². The number of amides is 1. The molecule has 0 saturated carbocycles. The number of carbonyl (C=O) groups excluding carboxylic acids is 1. The number of methoxy groups -OCH3 is 1. The standard InChI is InChI=1S/C23H20F2N2O4/c1-29-22-11-17(7-10-21(22)30-14-16-5-3-2-4-6-16)13-26-31-15-23(28)27-20-9-8-18(24)12-19(20)25/h2-13H,14-15H2,1H3,(H,27,28)/b26-13+. The maximum Gasteiger partial charge on any atom is 0.265 e. The highest BCUT2D eigenvalue weighted by molar-refractivity contribution is 5.91. The molecule has 0 saturated heterocycles. The van der Waals surface area contributed by atoms with E-state index >= 15 is 0 Å². The minimum Gasteiger partial charge on any atom is -0.493 e. The first-order chi connectivity index (χ1) is 15.0. The smallest absolute Gasteiger partial charge is 0.265 e. The molecular weight excluding hydrogens is 406 g/mol. The summed E-state index contributed by atoms with van der Waals surface area (Å²) in [6.07, 6.45) is 1.40. The van der Waals surface area contributed by atoms with Crippen LogP contribution in [0.4, 0.5) is 14.5 Å². The number of hydrogen-bond acceptors (Lipinski definition) is 5. The van der Waals surface area contributed by atoms with E-state index in [1.165, 1.54) is 13.3 Å². The van der Waals surface area contributed by atoms with Crippen LogP contribution in [-0.4, -0.2) is 25.8 Å². The van der Waals surface area contributed by atoms with Gasteiger partial charge in [0.15, 0.2) is 18.1 Å². The molecule has 31 heavy (non-hydrogen) atoms. The van der Waals surface area contributed by atoms with Crippen LogP contribution in [0.15, 0.2) is 71.9 Å². The fourth-order valence-electron chi connectivity index (χ4n) is 2.59. The number of nitrogens with one attached hydrogen (secondary N) is 1. The first-order valence-electron chi connectivity index (χ1n) is 9.30. The zero-order valence-electron chi connectivity index (χ0n) is 16.7. The molecule has 0 fully saturated rings. The Hall–Kier alpha value is -3.94. The Kier molecular flexibility index (Phi) is 7.53. The van der Waals surface area contributed by atoms with Crippen LogP contribution in [0.3, 0.4) is 0 Å². The lowest BCUT2D eigenvalue weighted by atomic mass is 10.2. The lowest BCUT2D eigenvalue weighted by Crippen LogP contribution is -2.17. The molecule has 6 nitrogen and oxygen atoms in total. The monoisotopic (exact) mass is 426 g/mol. The van der Waals surface area contributed by atoms with Gasteiger partial charge in [0.25, 0.3) is 5.91 Å². The van der Waals surface area contributed by atoms with Crippen LogP contribution < -0.4 is 14.8 Å². The number of nitrogens with zero attached hydrogens (tertiary/aromatic N) is 1. The second-order valence-corrected chi connectivity index (χ2v) is 6.36. The third-order valence-electron chi connectivity index (χ3n) is 4.10. The number of halogens is 2. The zero-order valence-corrected chi connectivity index (χ0v) is 16.7. The van der Waals surface area contributed by atoms with Crippen LogP contribution in [0.2, 0.25) is 0 Å². The lowest BCUT2D eigenvalue weighted by molar-refractivity contribution is -0.120. The largest absolute Gasteiger partial charge is 0.493 e. The van der Waals surface area contributed by atoms with Crippen molar-refractivity contribution < 1.29 is 27.9 Å². The van der Waals surface area contributed by atoms with E-state index in [4.69, 9.17) is 14.3 Å². The Bertz CT molecular complexity index is 1060. The van der Waals surface area contributed by atoms with Crippen molar-refractivity contribution in [1.82, 2.24) is 0 Å². The molecule has 1 amide bonds. The molecule has 0 radical (unpaired) electrons. The van der Waals surface area contributed by atoms with Gasteiger partial charge in [-0.3, -0.25) is 4.79 Å². The Morgan fingerprint density at radius 1 is 1.03 bits per heavy atom. The molecule has 160 valence electrons. The quantitative estimate of drug-likeness (QED) is 0.403. The van der Waals surface area contributed by atoms with Gasteiger partial charge in [0.05, 0.1) is 19.0 Å². The summed E-state index contributed by atoms with van der Waals surface area (Å²) < 4.78 is 37.6. The van der Waals surface area contributed by atoms with Crippen molar-refractivity contribution in [2.24, 2.45) is 5.16 Å². The SMILES string of the molecule is COc1cc(/C=N/OCC(=O)Nc2ccc(F)cc2F)ccc1OCc1ccccc1. The molecule has 1 N–H and O–H groups in total. The molecular formula is C23H20F2N2O4. The molecule has 0 unspecified atom stereocenters. The molecule has 3 aromatic rings. The van der Waals surface area contributed by atoms with Crippen LogP contribution in [0.5, 0.6) is 11.5 Å². The third kappa shape index (κ3) is 6.53. The highest BCUT2D eigenvalue weighted by Crippen LogP contribution is 2.28. The maximum absolute atomic E-state index is 13.5. The average molecular weight is 426 g/mol. The predicted octanol–water partition coefficient (Wildman–Crippen LogP) is 4.54. The van der Waals surface area contributed by atoms with Gasteiger partial charge in [-0.15, -0.1) is 0 Å². The second-order valence-electron chi connectivity index (χ2n) is 6.36. The average Bonchev–Trinajstić information content (AvgIpc) is 2.78. The van der Waals surface area contributed by atoms with Crippen molar-refractivity contribution in [3.63, 3.8) is 0 Å². The second kappa shape index (κ2) is 10.7. The molecule has 3 aromatic carbocycles. The number of benzene rings is 3. The fraction of sp³-hybridized carbons (Fsp3) is 0.130. The topological polar surface area (TPSA) is 69.2 Å². The predicted molar refractivity (Wildman–Crippen MR) is 112 cm³/mol. The number of oxime groups is 1. The van der Waals surface area contributed by atoms with Gasteiger partial charge in [0.1, 0.15) is 18.2 Å². The van der Waals surface area contributed by atoms with Crippen LogP contribution in [0, 0.1) is 11.6 Å². The van der Waals surface area contributed by atoms with E-state index in [-0.39, 0.29) is 5.69 Å². The van der Waals surface area contributed by atoms with Crippen LogP contribution in [0.25, 0.3) is 0 Å². The van der Waals surface area contributed by atoms with Crippen molar-refractivity contribution in [3.05, 3.63) is 89.5 Å². The van der Waals surface area contributed by atoms with E-state index in [1.54, 1.807) is 18.2 Å². The summed E-state index contributed by atoms with van der Waals surface area (Å²) in [6.45, 7) is -0.0414. The van der Waals surface area contributed by atoms with E-state index in [2.05, 4.69) is 10.5 Å². The van der Waals surface area contributed by atoms with E-state index < -0.39 is 24.1 Å². The van der Waals surface area contributed by atoms with Gasteiger partial charge in [-0.05, 0) is 35.9 Å². The summed E-state index contributed by atoms with van der Waals surface area (Å²) in [7, 11) is 1.53. The summed E-state index contributed by atoms with van der Waals surface area (Å²) in [4.78, 5) is 16.7. The Morgan fingerprint density at radius 3 is 2.58 bits per heavy atom. The Morgan fingerprint density at radius 2 is 1.84 bits per heavy atom. The molecule has 0 aliphatic carbocycles. The minimum absolute atomic E-state index is 0.144. The molecule has 3 rings (SSSR count). The normalized spacial score (nSPS) is 10.7. The highest BCUT2D eigenvalue weighted by Gasteiger charge is 2.09. The molecule has 0 aliphatic heterocycles. The van der Waals surface area contributed by atoms with Crippen molar-refractivity contribution in [1.29, 1.82) is 0 Å². The molecule has 0 spiro atoms. The van der Waals surface area contributed by atoms with Crippen LogP contribution in [0.1, 0.15) is 11.1 Å². The number of hydrogen-bond donors (Lipinski definition) is 1. The minimum atomic E-state index is -0.876. The molecule has 0 aromatic heterocycles. The first kappa shape index (κ1) is 21.8. The van der Waals surface area contributed by atoms with Gasteiger partial charge < -0.3 is 19.6 Å². The van der Waals surface area contributed by atoms with E-state index in [0.717, 1.165) is 17.7 Å². The number of carbonyl (C=O) groups is 1. The van der Waals surface area contributed by atoms with Crippen molar-refractivity contribution in [3.8, 4) is 11.5 Å². The number of ether oxygens (including phenoxy) is 2. The fourth-order valence-corrected chi connectivity index (χ4v) is 2.59. The van der Waals surface area contributed by atoms with Gasteiger partial charge in [-0.1, -0.05) is 35.5 Å². The van der Waals surface area contributed by atoms with Crippen molar-refractivity contribution in [2.45, 2.75) is 6.61 Å². The van der Waals surface area contributed by atoms with Crippen molar-refractivity contribution in [2.75, 3.05) is 19.0 Å². The van der Waals surface area contributed by atoms with Crippen LogP contribution >= 0.6 is 0 Å². The highest BCUT2D eigenvalue weighted by atomic mass is 19.1. The Labute approximate surface area is 178 Å². The Balaban J connectivity index is 1.51. The van der Waals surface area contributed by atoms with E-state index in [0.29, 0.717) is 29.7 Å². The first-order valence-corrected chi connectivity index (χ1v) is 9.30. The maximum atomic E-state index is 13.5. The number of anilines is 1. The zero-order chi connectivity index (χ0) is 22.1. The van der Waals surface area contributed by atoms with Gasteiger partial charge in [-0.2, -0.15) is 0 Å². The molecule has 0 aliphatic rings. The lowest BCUT2D eigenvalue weighted by Gasteiger charge is -2.11. The molecule has 0 atom stereocenters. The van der Waals surface area contributed by atoms with Gasteiger partial charge >= 0.3 is 0 Å². The molecule has 0 heterocycles. The molecule has 0 bridgehead atoms. The third-order valence-corrected chi connectivity index (χ3v) is 4.10. The summed E-state index contributed by atoms with van der Waals surface area (Å²) in [5.41, 5.74) is 1.55. The summed E-state index contributed by atoms with van der Waals surface area (Å²) in [6, 6.07) is 17.8.